The number of aromatic nitrogens is 2. The van der Waals surface area contributed by atoms with Gasteiger partial charge in [0.25, 0.3) is 5.91 Å². The van der Waals surface area contributed by atoms with E-state index < -0.39 is 0 Å². The summed E-state index contributed by atoms with van der Waals surface area (Å²) in [5.74, 6) is 0.455. The molecule has 0 spiro atoms. The van der Waals surface area contributed by atoms with Crippen molar-refractivity contribution in [1.29, 1.82) is 0 Å². The first-order chi connectivity index (χ1) is 16.7. The fourth-order valence-electron chi connectivity index (χ4n) is 5.19. The molecule has 2 aromatic heterocycles. The lowest BCUT2D eigenvalue weighted by Gasteiger charge is -2.34. The first-order valence-corrected chi connectivity index (χ1v) is 12.6. The van der Waals surface area contributed by atoms with Crippen LogP contribution in [-0.4, -0.2) is 66.3 Å². The SMILES string of the molecule is O=C(NCC(c1cccnc1)N1CCOCC1)c1cn(C[C@H]2CCCNC2)c2cccc(Cl)c12. The topological polar surface area (TPSA) is 71.4 Å². The molecule has 2 aliphatic rings. The lowest BCUT2D eigenvalue weighted by atomic mass is 10.00. The van der Waals surface area contributed by atoms with Crippen molar-refractivity contribution in [1.82, 2.24) is 25.1 Å². The Labute approximate surface area is 205 Å². The Bertz CT molecular complexity index is 1110. The first kappa shape index (κ1) is 23.3. The van der Waals surface area contributed by atoms with E-state index in [9.17, 15) is 4.79 Å². The Hall–Kier alpha value is -2.45. The Morgan fingerprint density at radius 2 is 2.15 bits per heavy atom. The van der Waals surface area contributed by atoms with Crippen LogP contribution in [0.1, 0.15) is 34.8 Å². The van der Waals surface area contributed by atoms with Crippen molar-refractivity contribution >= 4 is 28.4 Å². The maximum atomic E-state index is 13.5. The van der Waals surface area contributed by atoms with Crippen LogP contribution in [0.2, 0.25) is 5.02 Å². The van der Waals surface area contributed by atoms with Gasteiger partial charge in [0.05, 0.1) is 35.4 Å². The van der Waals surface area contributed by atoms with Gasteiger partial charge in [-0.05, 0) is 55.6 Å². The molecule has 0 saturated carbocycles. The zero-order chi connectivity index (χ0) is 23.3. The van der Waals surface area contributed by atoms with Crippen LogP contribution in [0.4, 0.5) is 0 Å². The van der Waals surface area contributed by atoms with Crippen molar-refractivity contribution in [3.05, 3.63) is 65.1 Å². The summed E-state index contributed by atoms with van der Waals surface area (Å²) in [5.41, 5.74) is 2.74. The predicted molar refractivity (Wildman–Crippen MR) is 134 cm³/mol. The number of amides is 1. The number of morpholine rings is 1. The molecule has 4 heterocycles. The number of nitrogens with zero attached hydrogens (tertiary/aromatic N) is 3. The Morgan fingerprint density at radius 1 is 1.26 bits per heavy atom. The minimum Gasteiger partial charge on any atom is -0.379 e. The second-order valence-corrected chi connectivity index (χ2v) is 9.61. The van der Waals surface area contributed by atoms with E-state index in [0.717, 1.165) is 49.2 Å². The lowest BCUT2D eigenvalue weighted by Crippen LogP contribution is -2.43. The van der Waals surface area contributed by atoms with Gasteiger partial charge < -0.3 is 19.9 Å². The summed E-state index contributed by atoms with van der Waals surface area (Å²) < 4.78 is 7.74. The summed E-state index contributed by atoms with van der Waals surface area (Å²) >= 11 is 6.61. The first-order valence-electron chi connectivity index (χ1n) is 12.2. The van der Waals surface area contributed by atoms with Crippen LogP contribution in [0.5, 0.6) is 0 Å². The van der Waals surface area contributed by atoms with Gasteiger partial charge in [0.1, 0.15) is 0 Å². The largest absolute Gasteiger partial charge is 0.379 e. The van der Waals surface area contributed by atoms with Gasteiger partial charge in [0.2, 0.25) is 0 Å². The lowest BCUT2D eigenvalue weighted by molar-refractivity contribution is 0.0161. The fourth-order valence-corrected chi connectivity index (χ4v) is 5.47. The third kappa shape index (κ3) is 5.13. The van der Waals surface area contributed by atoms with Crippen molar-refractivity contribution in [3.63, 3.8) is 0 Å². The van der Waals surface area contributed by atoms with Crippen LogP contribution < -0.4 is 10.6 Å². The number of fused-ring (bicyclic) bond motifs is 1. The number of nitrogens with one attached hydrogen (secondary N) is 2. The number of hydrogen-bond acceptors (Lipinski definition) is 5. The highest BCUT2D eigenvalue weighted by atomic mass is 35.5. The Morgan fingerprint density at radius 3 is 2.91 bits per heavy atom. The number of carbonyl (C=O) groups excluding carboxylic acids is 1. The maximum Gasteiger partial charge on any atom is 0.253 e. The van der Waals surface area contributed by atoms with E-state index in [-0.39, 0.29) is 11.9 Å². The van der Waals surface area contributed by atoms with Crippen LogP contribution >= 0.6 is 11.6 Å². The third-order valence-corrected chi connectivity index (χ3v) is 7.28. The van der Waals surface area contributed by atoms with Crippen molar-refractivity contribution in [3.8, 4) is 0 Å². The molecular formula is C26H32ClN5O2. The van der Waals surface area contributed by atoms with Crippen LogP contribution in [0, 0.1) is 5.92 Å². The summed E-state index contributed by atoms with van der Waals surface area (Å²) in [6.45, 7) is 6.52. The van der Waals surface area contributed by atoms with Crippen LogP contribution in [0.3, 0.4) is 0 Å². The van der Waals surface area contributed by atoms with Gasteiger partial charge in [-0.25, -0.2) is 0 Å². The number of benzene rings is 1. The van der Waals surface area contributed by atoms with Gasteiger partial charge in [-0.3, -0.25) is 14.7 Å². The van der Waals surface area contributed by atoms with Crippen molar-refractivity contribution in [2.45, 2.75) is 25.4 Å². The van der Waals surface area contributed by atoms with Gasteiger partial charge in [0.15, 0.2) is 0 Å². The Balaban J connectivity index is 1.38. The van der Waals surface area contributed by atoms with E-state index >= 15 is 0 Å². The second kappa shape index (κ2) is 10.9. The van der Waals surface area contributed by atoms with Gasteiger partial charge in [-0.1, -0.05) is 23.7 Å². The quantitative estimate of drug-likeness (QED) is 0.540. The van der Waals surface area contributed by atoms with E-state index in [4.69, 9.17) is 16.3 Å². The average molecular weight is 482 g/mol. The molecule has 180 valence electrons. The van der Waals surface area contributed by atoms with Crippen molar-refractivity contribution in [2.24, 2.45) is 5.92 Å². The summed E-state index contributed by atoms with van der Waals surface area (Å²) in [5, 5.41) is 8.12. The number of pyridine rings is 1. The molecule has 2 fully saturated rings. The van der Waals surface area contributed by atoms with Gasteiger partial charge in [-0.2, -0.15) is 0 Å². The van der Waals surface area contributed by atoms with Crippen LogP contribution in [0.25, 0.3) is 10.9 Å². The highest BCUT2D eigenvalue weighted by Crippen LogP contribution is 2.30. The third-order valence-electron chi connectivity index (χ3n) is 6.97. The van der Waals surface area contributed by atoms with Gasteiger partial charge >= 0.3 is 0 Å². The molecule has 2 saturated heterocycles. The minimum absolute atomic E-state index is 0.0404. The summed E-state index contributed by atoms with van der Waals surface area (Å²) in [7, 11) is 0. The number of piperidine rings is 1. The average Bonchev–Trinajstić information content (AvgIpc) is 3.26. The molecule has 7 nitrogen and oxygen atoms in total. The van der Waals surface area contributed by atoms with Gasteiger partial charge in [0, 0.05) is 50.2 Å². The van der Waals surface area contributed by atoms with E-state index in [0.29, 0.717) is 36.3 Å². The summed E-state index contributed by atoms with van der Waals surface area (Å²) in [4.78, 5) is 20.1. The van der Waals surface area contributed by atoms with E-state index in [2.05, 4.69) is 37.2 Å². The van der Waals surface area contributed by atoms with Crippen LogP contribution in [0.15, 0.2) is 48.9 Å². The van der Waals surface area contributed by atoms with Crippen molar-refractivity contribution in [2.75, 3.05) is 45.9 Å². The monoisotopic (exact) mass is 481 g/mol. The Kier molecular flexibility index (Phi) is 7.45. The maximum absolute atomic E-state index is 13.5. The van der Waals surface area contributed by atoms with E-state index in [1.165, 1.54) is 12.8 Å². The molecule has 2 N–H and O–H groups in total. The molecule has 1 unspecified atom stereocenters. The van der Waals surface area contributed by atoms with E-state index in [1.54, 1.807) is 6.20 Å². The molecule has 0 aliphatic carbocycles. The second-order valence-electron chi connectivity index (χ2n) is 9.20. The molecule has 0 radical (unpaired) electrons. The molecule has 2 aliphatic heterocycles. The normalized spacial score (nSPS) is 20.3. The molecule has 1 aromatic carbocycles. The molecule has 1 amide bonds. The molecule has 0 bridgehead atoms. The summed E-state index contributed by atoms with van der Waals surface area (Å²) in [6, 6.07) is 9.93. The number of rotatable bonds is 7. The number of hydrogen-bond donors (Lipinski definition) is 2. The predicted octanol–water partition coefficient (Wildman–Crippen LogP) is 3.49. The van der Waals surface area contributed by atoms with E-state index in [1.807, 2.05) is 30.6 Å². The molecule has 8 heteroatoms. The molecular weight excluding hydrogens is 450 g/mol. The number of halogens is 1. The fraction of sp³-hybridized carbons (Fsp3) is 0.462. The highest BCUT2D eigenvalue weighted by molar-refractivity contribution is 6.36. The minimum atomic E-state index is -0.0965. The molecule has 3 aromatic rings. The zero-order valence-electron chi connectivity index (χ0n) is 19.4. The summed E-state index contributed by atoms with van der Waals surface area (Å²) in [6.07, 6.45) is 8.02. The van der Waals surface area contributed by atoms with Crippen LogP contribution in [-0.2, 0) is 11.3 Å². The van der Waals surface area contributed by atoms with Crippen molar-refractivity contribution < 1.29 is 9.53 Å². The molecule has 34 heavy (non-hydrogen) atoms. The van der Waals surface area contributed by atoms with Gasteiger partial charge in [-0.15, -0.1) is 0 Å². The zero-order valence-corrected chi connectivity index (χ0v) is 20.1. The molecule has 5 rings (SSSR count). The standard InChI is InChI=1S/C26H32ClN5O2/c27-22-6-1-7-23-25(22)21(18-32(23)17-19-4-2-8-28-14-19)26(33)30-16-24(20-5-3-9-29-15-20)31-10-12-34-13-11-31/h1,3,5-7,9,15,18-19,24,28H,2,4,8,10-14,16-17H2,(H,30,33)/t19-,24?/m0/s1. The number of carbonyl (C=O) groups is 1. The molecule has 2 atom stereocenters. The highest BCUT2D eigenvalue weighted by Gasteiger charge is 2.25. The smallest absolute Gasteiger partial charge is 0.253 e. The number of ether oxygens (including phenoxy) is 1.